The van der Waals surface area contributed by atoms with Gasteiger partial charge < -0.3 is 0 Å². The molecule has 0 spiro atoms. The van der Waals surface area contributed by atoms with Gasteiger partial charge in [0, 0.05) is 46.4 Å². The Hall–Kier alpha value is -3.74. The Kier molecular flexibility index (Phi) is 3.61. The number of hydrogen-bond acceptors (Lipinski definition) is 4. The number of benzene rings is 1. The fourth-order valence-corrected chi connectivity index (χ4v) is 3.64. The molecular weight excluding hydrogens is 352 g/mol. The Morgan fingerprint density at radius 2 is 2.04 bits per heavy atom. The van der Waals surface area contributed by atoms with Crippen molar-refractivity contribution in [1.29, 1.82) is 0 Å². The zero-order valence-corrected chi connectivity index (χ0v) is 15.5. The van der Waals surface area contributed by atoms with E-state index in [0.29, 0.717) is 12.1 Å². The van der Waals surface area contributed by atoms with Gasteiger partial charge in [0.2, 0.25) is 0 Å². The van der Waals surface area contributed by atoms with Crippen molar-refractivity contribution < 1.29 is 0 Å². The Morgan fingerprint density at radius 3 is 2.89 bits per heavy atom. The standard InChI is InChI=1S/C21H18N6O/c1-3-16-13(2)25-20-18(11-24-27(20)21(16)28)15-10-23-26(12-15)19-17-7-5-4-6-14(17)8-9-22-19/h4-12,24H,3H2,1-2H3. The molecule has 0 bridgehead atoms. The van der Waals surface area contributed by atoms with Crippen LogP contribution in [0.15, 0.2) is 59.9 Å². The Balaban J connectivity index is 1.67. The van der Waals surface area contributed by atoms with Crippen molar-refractivity contribution in [3.05, 3.63) is 76.7 Å². The number of nitrogens with zero attached hydrogens (tertiary/aromatic N) is 5. The maximum atomic E-state index is 12.7. The lowest BCUT2D eigenvalue weighted by Gasteiger charge is -2.05. The predicted octanol–water partition coefficient (Wildman–Crippen LogP) is 3.29. The molecule has 0 unspecified atom stereocenters. The fourth-order valence-electron chi connectivity index (χ4n) is 3.64. The van der Waals surface area contributed by atoms with Gasteiger partial charge in [0.15, 0.2) is 11.5 Å². The first-order valence-corrected chi connectivity index (χ1v) is 9.16. The molecule has 0 fully saturated rings. The lowest BCUT2D eigenvalue weighted by Crippen LogP contribution is -2.21. The minimum Gasteiger partial charge on any atom is -0.296 e. The van der Waals surface area contributed by atoms with Crippen LogP contribution >= 0.6 is 0 Å². The van der Waals surface area contributed by atoms with Crippen molar-refractivity contribution in [1.82, 2.24) is 29.4 Å². The topological polar surface area (TPSA) is 80.9 Å². The van der Waals surface area contributed by atoms with Crippen molar-refractivity contribution >= 4 is 16.4 Å². The van der Waals surface area contributed by atoms with Gasteiger partial charge in [-0.2, -0.15) is 5.10 Å². The molecule has 1 aromatic carbocycles. The van der Waals surface area contributed by atoms with E-state index in [9.17, 15) is 4.79 Å². The van der Waals surface area contributed by atoms with Crippen LogP contribution in [0.3, 0.4) is 0 Å². The first-order chi connectivity index (χ1) is 13.7. The summed E-state index contributed by atoms with van der Waals surface area (Å²) in [5, 5.41) is 9.66. The van der Waals surface area contributed by atoms with Crippen molar-refractivity contribution in [2.75, 3.05) is 0 Å². The molecule has 5 aromatic rings. The second-order valence-electron chi connectivity index (χ2n) is 6.71. The van der Waals surface area contributed by atoms with Crippen molar-refractivity contribution in [2.24, 2.45) is 0 Å². The van der Waals surface area contributed by atoms with Crippen molar-refractivity contribution in [3.63, 3.8) is 0 Å². The number of aromatic amines is 1. The second-order valence-corrected chi connectivity index (χ2v) is 6.71. The number of H-pyrrole nitrogens is 1. The van der Waals surface area contributed by atoms with Crippen LogP contribution in [0, 0.1) is 6.92 Å². The third kappa shape index (κ3) is 2.36. The van der Waals surface area contributed by atoms with Gasteiger partial charge in [-0.1, -0.05) is 31.2 Å². The lowest BCUT2D eigenvalue weighted by molar-refractivity contribution is 0.853. The molecular formula is C21H18N6O. The maximum Gasteiger partial charge on any atom is 0.276 e. The van der Waals surface area contributed by atoms with Crippen molar-refractivity contribution in [2.45, 2.75) is 20.3 Å². The van der Waals surface area contributed by atoms with Crippen LogP contribution in [0.25, 0.3) is 33.4 Å². The first-order valence-electron chi connectivity index (χ1n) is 9.16. The van der Waals surface area contributed by atoms with Gasteiger partial charge in [-0.3, -0.25) is 9.89 Å². The summed E-state index contributed by atoms with van der Waals surface area (Å²) in [7, 11) is 0. The molecule has 0 radical (unpaired) electrons. The summed E-state index contributed by atoms with van der Waals surface area (Å²) in [6.45, 7) is 3.84. The number of aromatic nitrogens is 6. The average molecular weight is 370 g/mol. The molecule has 5 rings (SSSR count). The Bertz CT molecular complexity index is 1390. The first kappa shape index (κ1) is 16.4. The molecule has 0 saturated heterocycles. The van der Waals surface area contributed by atoms with Crippen LogP contribution in [0.1, 0.15) is 18.2 Å². The molecule has 0 atom stereocenters. The molecule has 7 heteroatoms. The zero-order chi connectivity index (χ0) is 19.3. The summed E-state index contributed by atoms with van der Waals surface area (Å²) >= 11 is 0. The Morgan fingerprint density at radius 1 is 1.18 bits per heavy atom. The van der Waals surface area contributed by atoms with Gasteiger partial charge in [0.1, 0.15) is 0 Å². The molecule has 0 amide bonds. The molecule has 28 heavy (non-hydrogen) atoms. The molecule has 0 aliphatic rings. The molecule has 0 aliphatic heterocycles. The van der Waals surface area contributed by atoms with E-state index in [0.717, 1.165) is 39.0 Å². The van der Waals surface area contributed by atoms with Crippen molar-refractivity contribution in [3.8, 4) is 16.9 Å². The molecule has 1 N–H and O–H groups in total. The normalized spacial score (nSPS) is 11.5. The average Bonchev–Trinajstić information content (AvgIpc) is 3.35. The fraction of sp³-hybridized carbons (Fsp3) is 0.143. The van der Waals surface area contributed by atoms with E-state index in [2.05, 4.69) is 26.2 Å². The highest BCUT2D eigenvalue weighted by molar-refractivity contribution is 5.88. The van der Waals surface area contributed by atoms with Crippen LogP contribution in [0.2, 0.25) is 0 Å². The molecule has 0 aliphatic carbocycles. The van der Waals surface area contributed by atoms with Crippen LogP contribution in [-0.2, 0) is 6.42 Å². The van der Waals surface area contributed by atoms with Gasteiger partial charge in [0.25, 0.3) is 5.56 Å². The summed E-state index contributed by atoms with van der Waals surface area (Å²) in [6.07, 6.45) is 7.90. The van der Waals surface area contributed by atoms with E-state index in [-0.39, 0.29) is 5.56 Å². The predicted molar refractivity (Wildman–Crippen MR) is 108 cm³/mol. The van der Waals surface area contributed by atoms with E-state index in [1.54, 1.807) is 23.3 Å². The highest BCUT2D eigenvalue weighted by Gasteiger charge is 2.16. The SMILES string of the molecule is CCc1c(C)nc2c(-c3cnn(-c4nccc5ccccc45)c3)c[nH]n2c1=O. The van der Waals surface area contributed by atoms with Gasteiger partial charge in [-0.15, -0.1) is 0 Å². The highest BCUT2D eigenvalue weighted by atomic mass is 16.1. The number of hydrogen-bond donors (Lipinski definition) is 1. The Labute approximate surface area is 160 Å². The van der Waals surface area contributed by atoms with Crippen LogP contribution in [0.5, 0.6) is 0 Å². The molecule has 138 valence electrons. The number of fused-ring (bicyclic) bond motifs is 2. The molecule has 0 saturated carbocycles. The summed E-state index contributed by atoms with van der Waals surface area (Å²) in [5.41, 5.74) is 3.72. The van der Waals surface area contributed by atoms with E-state index in [1.165, 1.54) is 4.52 Å². The van der Waals surface area contributed by atoms with Crippen LogP contribution < -0.4 is 5.56 Å². The smallest absolute Gasteiger partial charge is 0.276 e. The number of pyridine rings is 1. The zero-order valence-electron chi connectivity index (χ0n) is 15.5. The second kappa shape index (κ2) is 6.16. The van der Waals surface area contributed by atoms with E-state index < -0.39 is 0 Å². The maximum absolute atomic E-state index is 12.7. The largest absolute Gasteiger partial charge is 0.296 e. The summed E-state index contributed by atoms with van der Waals surface area (Å²) in [4.78, 5) is 21.8. The van der Waals surface area contributed by atoms with Gasteiger partial charge in [-0.05, 0) is 24.8 Å². The number of nitrogens with one attached hydrogen (secondary N) is 1. The van der Waals surface area contributed by atoms with Gasteiger partial charge in [0.05, 0.1) is 6.20 Å². The van der Waals surface area contributed by atoms with Crippen LogP contribution in [0.4, 0.5) is 0 Å². The van der Waals surface area contributed by atoms with E-state index in [4.69, 9.17) is 0 Å². The van der Waals surface area contributed by atoms with Gasteiger partial charge in [-0.25, -0.2) is 19.2 Å². The minimum absolute atomic E-state index is 0.0561. The number of rotatable bonds is 3. The number of aryl methyl sites for hydroxylation is 1. The third-order valence-electron chi connectivity index (χ3n) is 5.08. The summed E-state index contributed by atoms with van der Waals surface area (Å²) in [5.74, 6) is 0.763. The van der Waals surface area contributed by atoms with E-state index >= 15 is 0 Å². The molecule has 4 aromatic heterocycles. The quantitative estimate of drug-likeness (QED) is 0.528. The summed E-state index contributed by atoms with van der Waals surface area (Å²) in [6, 6.07) is 10.1. The van der Waals surface area contributed by atoms with E-state index in [1.807, 2.05) is 44.3 Å². The monoisotopic (exact) mass is 370 g/mol. The lowest BCUT2D eigenvalue weighted by atomic mass is 10.1. The van der Waals surface area contributed by atoms with Crippen LogP contribution in [-0.4, -0.2) is 29.4 Å². The third-order valence-corrected chi connectivity index (χ3v) is 5.08. The molecule has 7 nitrogen and oxygen atoms in total. The summed E-state index contributed by atoms with van der Waals surface area (Å²) < 4.78 is 3.25. The highest BCUT2D eigenvalue weighted by Crippen LogP contribution is 2.25. The molecule has 4 heterocycles. The van der Waals surface area contributed by atoms with Gasteiger partial charge >= 0.3 is 0 Å². The minimum atomic E-state index is -0.0561.